The Balaban J connectivity index is 1.93. The number of unbranched alkanes of at least 4 members (excludes halogenated alkanes) is 1. The summed E-state index contributed by atoms with van der Waals surface area (Å²) in [6, 6.07) is 7.35. The predicted molar refractivity (Wildman–Crippen MR) is 107 cm³/mol. The molecule has 2 aromatic rings. The molecular formula is C18H18ClN3O5S. The number of aromatic nitrogens is 1. The maximum absolute atomic E-state index is 12.1. The summed E-state index contributed by atoms with van der Waals surface area (Å²) in [4.78, 5) is 38.2. The second-order valence-electron chi connectivity index (χ2n) is 5.63. The van der Waals surface area contributed by atoms with E-state index in [1.54, 1.807) is 6.07 Å². The Hall–Kier alpha value is -2.65. The molecule has 1 amide bonds. The van der Waals surface area contributed by atoms with Gasteiger partial charge in [0.25, 0.3) is 5.69 Å². The van der Waals surface area contributed by atoms with Gasteiger partial charge in [-0.25, -0.2) is 9.78 Å². The fourth-order valence-electron chi connectivity index (χ4n) is 2.05. The van der Waals surface area contributed by atoms with Gasteiger partial charge in [-0.2, -0.15) is 0 Å². The van der Waals surface area contributed by atoms with Gasteiger partial charge in [0, 0.05) is 11.8 Å². The third-order valence-corrected chi connectivity index (χ3v) is 4.76. The average Bonchev–Trinajstić information content (AvgIpc) is 2.68. The van der Waals surface area contributed by atoms with Crippen molar-refractivity contribution in [2.75, 3.05) is 17.7 Å². The van der Waals surface area contributed by atoms with Crippen LogP contribution in [-0.2, 0) is 9.53 Å². The minimum absolute atomic E-state index is 0.0454. The van der Waals surface area contributed by atoms with Gasteiger partial charge in [-0.05, 0) is 30.7 Å². The summed E-state index contributed by atoms with van der Waals surface area (Å²) in [6.07, 6.45) is 2.79. The standard InChI is InChI=1S/C18H18ClN3O5S/c1-2-3-8-27-18(24)14-9-12(4-6-15(14)19)21-16(23)11-28-17-7-5-13(10-20-17)22(25)26/h4-7,9-10H,2-3,8,11H2,1H3,(H,21,23). The monoisotopic (exact) mass is 423 g/mol. The third-order valence-electron chi connectivity index (χ3n) is 3.48. The van der Waals surface area contributed by atoms with Crippen LogP contribution in [0.3, 0.4) is 0 Å². The van der Waals surface area contributed by atoms with Crippen LogP contribution in [0.5, 0.6) is 0 Å². The third kappa shape index (κ3) is 6.50. The molecule has 0 saturated carbocycles. The van der Waals surface area contributed by atoms with Gasteiger partial charge in [0.15, 0.2) is 0 Å². The molecule has 0 spiro atoms. The van der Waals surface area contributed by atoms with Crippen LogP contribution in [0.1, 0.15) is 30.1 Å². The van der Waals surface area contributed by atoms with E-state index in [1.807, 2.05) is 6.92 Å². The molecule has 148 valence electrons. The van der Waals surface area contributed by atoms with E-state index < -0.39 is 10.9 Å². The maximum Gasteiger partial charge on any atom is 0.339 e. The van der Waals surface area contributed by atoms with Gasteiger partial charge in [-0.3, -0.25) is 14.9 Å². The molecule has 28 heavy (non-hydrogen) atoms. The number of amides is 1. The van der Waals surface area contributed by atoms with E-state index in [-0.39, 0.29) is 27.9 Å². The van der Waals surface area contributed by atoms with Crippen LogP contribution < -0.4 is 5.32 Å². The topological polar surface area (TPSA) is 111 Å². The lowest BCUT2D eigenvalue weighted by Crippen LogP contribution is -2.15. The molecule has 0 saturated heterocycles. The minimum atomic E-state index is -0.543. The second-order valence-corrected chi connectivity index (χ2v) is 7.04. The molecule has 0 atom stereocenters. The SMILES string of the molecule is CCCCOC(=O)c1cc(NC(=O)CSc2ccc([N+](=O)[O-])cn2)ccc1Cl. The molecule has 1 aromatic heterocycles. The van der Waals surface area contributed by atoms with E-state index in [4.69, 9.17) is 16.3 Å². The largest absolute Gasteiger partial charge is 0.462 e. The van der Waals surface area contributed by atoms with Crippen LogP contribution >= 0.6 is 23.4 Å². The number of hydrogen-bond acceptors (Lipinski definition) is 7. The number of nitro groups is 1. The van der Waals surface area contributed by atoms with Crippen LogP contribution in [0, 0.1) is 10.1 Å². The van der Waals surface area contributed by atoms with Gasteiger partial charge in [0.1, 0.15) is 6.20 Å². The van der Waals surface area contributed by atoms with Crippen LogP contribution in [-0.4, -0.2) is 34.1 Å². The van der Waals surface area contributed by atoms with Crippen molar-refractivity contribution < 1.29 is 19.2 Å². The normalized spacial score (nSPS) is 10.4. The van der Waals surface area contributed by atoms with Crippen molar-refractivity contribution >= 4 is 46.6 Å². The molecule has 0 radical (unpaired) electrons. The van der Waals surface area contributed by atoms with E-state index >= 15 is 0 Å². The van der Waals surface area contributed by atoms with E-state index in [9.17, 15) is 19.7 Å². The van der Waals surface area contributed by atoms with E-state index in [1.165, 1.54) is 24.3 Å². The second kappa shape index (κ2) is 10.6. The molecule has 0 fully saturated rings. The number of nitrogens with one attached hydrogen (secondary N) is 1. The molecule has 0 aliphatic heterocycles. The van der Waals surface area contributed by atoms with Gasteiger partial charge in [0.05, 0.1) is 32.9 Å². The molecule has 0 unspecified atom stereocenters. The van der Waals surface area contributed by atoms with Gasteiger partial charge in [0.2, 0.25) is 5.91 Å². The zero-order valence-corrected chi connectivity index (χ0v) is 16.6. The van der Waals surface area contributed by atoms with Crippen LogP contribution in [0.15, 0.2) is 41.6 Å². The Labute approximate surface area is 170 Å². The number of nitrogens with zero attached hydrogens (tertiary/aromatic N) is 2. The highest BCUT2D eigenvalue weighted by molar-refractivity contribution is 7.99. The average molecular weight is 424 g/mol. The highest BCUT2D eigenvalue weighted by Gasteiger charge is 2.14. The van der Waals surface area contributed by atoms with E-state index in [0.29, 0.717) is 17.3 Å². The summed E-state index contributed by atoms with van der Waals surface area (Å²) >= 11 is 7.17. The zero-order valence-electron chi connectivity index (χ0n) is 15.0. The summed E-state index contributed by atoms with van der Waals surface area (Å²) in [5, 5.41) is 14.0. The molecule has 0 aliphatic carbocycles. The molecule has 0 bridgehead atoms. The van der Waals surface area contributed by atoms with Crippen LogP contribution in [0.25, 0.3) is 0 Å². The number of carbonyl (C=O) groups excluding carboxylic acids is 2. The fraction of sp³-hybridized carbons (Fsp3) is 0.278. The highest BCUT2D eigenvalue weighted by atomic mass is 35.5. The summed E-state index contributed by atoms with van der Waals surface area (Å²) in [7, 11) is 0. The summed E-state index contributed by atoms with van der Waals surface area (Å²) in [5.41, 5.74) is 0.475. The van der Waals surface area contributed by atoms with E-state index in [0.717, 1.165) is 30.8 Å². The molecular weight excluding hydrogens is 406 g/mol. The maximum atomic E-state index is 12.1. The molecule has 8 nitrogen and oxygen atoms in total. The van der Waals surface area contributed by atoms with Crippen LogP contribution in [0.2, 0.25) is 5.02 Å². The molecule has 1 aromatic carbocycles. The molecule has 1 heterocycles. The van der Waals surface area contributed by atoms with Crippen molar-refractivity contribution in [3.05, 3.63) is 57.2 Å². The summed E-state index contributed by atoms with van der Waals surface area (Å²) in [6.45, 7) is 2.29. The lowest BCUT2D eigenvalue weighted by molar-refractivity contribution is -0.385. The number of hydrogen-bond donors (Lipinski definition) is 1. The lowest BCUT2D eigenvalue weighted by Gasteiger charge is -2.09. The first-order valence-electron chi connectivity index (χ1n) is 8.40. The number of carbonyl (C=O) groups is 2. The summed E-state index contributed by atoms with van der Waals surface area (Å²) in [5.74, 6) is -0.819. The predicted octanol–water partition coefficient (Wildman–Crippen LogP) is 4.33. The first kappa shape index (κ1) is 21.6. The van der Waals surface area contributed by atoms with Crippen molar-refractivity contribution in [1.29, 1.82) is 0 Å². The van der Waals surface area contributed by atoms with Crippen molar-refractivity contribution in [3.8, 4) is 0 Å². The van der Waals surface area contributed by atoms with Crippen molar-refractivity contribution in [2.24, 2.45) is 0 Å². The number of anilines is 1. The Bertz CT molecular complexity index is 861. The number of rotatable bonds is 9. The Kier molecular flexibility index (Phi) is 8.21. The number of pyridine rings is 1. The smallest absolute Gasteiger partial charge is 0.339 e. The number of halogens is 1. The Morgan fingerprint density at radius 1 is 1.32 bits per heavy atom. The van der Waals surface area contributed by atoms with Gasteiger partial charge < -0.3 is 10.1 Å². The number of thioether (sulfide) groups is 1. The van der Waals surface area contributed by atoms with Gasteiger partial charge in [-0.1, -0.05) is 36.7 Å². The van der Waals surface area contributed by atoms with Crippen molar-refractivity contribution in [3.63, 3.8) is 0 Å². The first-order valence-corrected chi connectivity index (χ1v) is 9.77. The van der Waals surface area contributed by atoms with Crippen LogP contribution in [0.4, 0.5) is 11.4 Å². The molecule has 2 rings (SSSR count). The number of ether oxygens (including phenoxy) is 1. The van der Waals surface area contributed by atoms with Gasteiger partial charge >= 0.3 is 5.97 Å². The molecule has 1 N–H and O–H groups in total. The molecule has 10 heteroatoms. The van der Waals surface area contributed by atoms with Gasteiger partial charge in [-0.15, -0.1) is 0 Å². The first-order chi connectivity index (χ1) is 13.4. The lowest BCUT2D eigenvalue weighted by atomic mass is 10.2. The fourth-order valence-corrected chi connectivity index (χ4v) is 2.89. The van der Waals surface area contributed by atoms with Crippen molar-refractivity contribution in [2.45, 2.75) is 24.8 Å². The zero-order chi connectivity index (χ0) is 20.5. The highest BCUT2D eigenvalue weighted by Crippen LogP contribution is 2.23. The summed E-state index contributed by atoms with van der Waals surface area (Å²) < 4.78 is 5.14. The van der Waals surface area contributed by atoms with Crippen molar-refractivity contribution in [1.82, 2.24) is 4.98 Å². The minimum Gasteiger partial charge on any atom is -0.462 e. The van der Waals surface area contributed by atoms with E-state index in [2.05, 4.69) is 10.3 Å². The Morgan fingerprint density at radius 2 is 2.11 bits per heavy atom. The molecule has 0 aliphatic rings. The Morgan fingerprint density at radius 3 is 2.75 bits per heavy atom. The number of benzene rings is 1. The number of esters is 1. The quantitative estimate of drug-likeness (QED) is 0.210.